The van der Waals surface area contributed by atoms with Crippen LogP contribution in [0.25, 0.3) is 0 Å². The summed E-state index contributed by atoms with van der Waals surface area (Å²) in [5.74, 6) is 0.747. The molecule has 1 saturated carbocycles. The van der Waals surface area contributed by atoms with Crippen LogP contribution in [-0.4, -0.2) is 25.7 Å². The SMILES string of the molecule is Fc1ccc2c(c1)C1(CC2)CC1NCC1CCNCC1. The average Bonchev–Trinajstić information content (AvgIpc) is 3.08. The Bertz CT molecular complexity index is 510. The van der Waals surface area contributed by atoms with Crippen LogP contribution in [0.2, 0.25) is 0 Å². The molecule has 2 nitrogen and oxygen atoms in total. The molecule has 0 aromatic heterocycles. The zero-order valence-electron chi connectivity index (χ0n) is 11.9. The molecule has 4 rings (SSSR count). The molecule has 3 aliphatic rings. The minimum Gasteiger partial charge on any atom is -0.317 e. The van der Waals surface area contributed by atoms with E-state index in [1.54, 1.807) is 12.1 Å². The first-order valence-electron chi connectivity index (χ1n) is 8.01. The van der Waals surface area contributed by atoms with Crippen molar-refractivity contribution in [3.8, 4) is 0 Å². The van der Waals surface area contributed by atoms with Crippen molar-refractivity contribution in [3.63, 3.8) is 0 Å². The fraction of sp³-hybridized carbons (Fsp3) is 0.647. The van der Waals surface area contributed by atoms with Gasteiger partial charge in [-0.1, -0.05) is 6.07 Å². The summed E-state index contributed by atoms with van der Waals surface area (Å²) < 4.78 is 13.5. The molecule has 2 fully saturated rings. The van der Waals surface area contributed by atoms with Crippen molar-refractivity contribution in [3.05, 3.63) is 35.1 Å². The highest BCUT2D eigenvalue weighted by atomic mass is 19.1. The maximum absolute atomic E-state index is 13.5. The van der Waals surface area contributed by atoms with E-state index in [4.69, 9.17) is 0 Å². The number of hydrogen-bond donors (Lipinski definition) is 2. The Kier molecular flexibility index (Phi) is 3.08. The number of hydrogen-bond acceptors (Lipinski definition) is 2. The summed E-state index contributed by atoms with van der Waals surface area (Å²) in [6.45, 7) is 3.46. The Balaban J connectivity index is 1.41. The van der Waals surface area contributed by atoms with Crippen LogP contribution >= 0.6 is 0 Å². The number of benzene rings is 1. The second-order valence-corrected chi connectivity index (χ2v) is 6.82. The van der Waals surface area contributed by atoms with E-state index < -0.39 is 0 Å². The molecule has 20 heavy (non-hydrogen) atoms. The predicted octanol–water partition coefficient (Wildman–Crippen LogP) is 2.37. The van der Waals surface area contributed by atoms with Crippen molar-refractivity contribution in [1.82, 2.24) is 10.6 Å². The molecule has 1 saturated heterocycles. The summed E-state index contributed by atoms with van der Waals surface area (Å²) in [6, 6.07) is 5.97. The first-order valence-corrected chi connectivity index (χ1v) is 8.01. The van der Waals surface area contributed by atoms with E-state index in [-0.39, 0.29) is 11.2 Å². The van der Waals surface area contributed by atoms with Gasteiger partial charge in [0, 0.05) is 11.5 Å². The zero-order valence-corrected chi connectivity index (χ0v) is 11.9. The molecular formula is C17H23FN2. The third kappa shape index (κ3) is 2.08. The minimum absolute atomic E-state index is 0.0750. The molecule has 3 heteroatoms. The number of halogens is 1. The lowest BCUT2D eigenvalue weighted by Crippen LogP contribution is -2.35. The first kappa shape index (κ1) is 12.8. The molecule has 1 aromatic carbocycles. The van der Waals surface area contributed by atoms with Gasteiger partial charge in [0.1, 0.15) is 5.82 Å². The van der Waals surface area contributed by atoms with E-state index in [2.05, 4.69) is 10.6 Å². The maximum atomic E-state index is 13.5. The minimum atomic E-state index is -0.0750. The topological polar surface area (TPSA) is 24.1 Å². The van der Waals surface area contributed by atoms with E-state index >= 15 is 0 Å². The summed E-state index contributed by atoms with van der Waals surface area (Å²) in [7, 11) is 0. The Morgan fingerprint density at radius 3 is 3.00 bits per heavy atom. The van der Waals surface area contributed by atoms with E-state index in [0.717, 1.165) is 32.0 Å². The van der Waals surface area contributed by atoms with Gasteiger partial charge in [0.15, 0.2) is 0 Å². The molecule has 1 spiro atoms. The lowest BCUT2D eigenvalue weighted by molar-refractivity contribution is 0.351. The van der Waals surface area contributed by atoms with Gasteiger partial charge < -0.3 is 10.6 Å². The highest BCUT2D eigenvalue weighted by Gasteiger charge is 2.57. The summed E-state index contributed by atoms with van der Waals surface area (Å²) >= 11 is 0. The van der Waals surface area contributed by atoms with Crippen molar-refractivity contribution >= 4 is 0 Å². The number of piperidine rings is 1. The molecule has 1 aromatic rings. The van der Waals surface area contributed by atoms with Crippen molar-refractivity contribution in [2.75, 3.05) is 19.6 Å². The molecule has 0 amide bonds. The van der Waals surface area contributed by atoms with Gasteiger partial charge >= 0.3 is 0 Å². The Labute approximate surface area is 120 Å². The number of aryl methyl sites for hydroxylation is 1. The largest absolute Gasteiger partial charge is 0.317 e. The molecule has 0 radical (unpaired) electrons. The fourth-order valence-electron chi connectivity index (χ4n) is 4.26. The van der Waals surface area contributed by atoms with E-state index in [1.165, 1.54) is 36.8 Å². The molecular weight excluding hydrogens is 251 g/mol. The lowest BCUT2D eigenvalue weighted by Gasteiger charge is -2.23. The average molecular weight is 274 g/mol. The standard InChI is InChI=1S/C17H23FN2/c18-14-2-1-13-3-6-17(15(13)9-14)10-16(17)20-11-12-4-7-19-8-5-12/h1-2,9,12,16,19-20H,3-8,10-11H2. The second kappa shape index (κ2) is 4.81. The van der Waals surface area contributed by atoms with Gasteiger partial charge in [0.25, 0.3) is 0 Å². The lowest BCUT2D eigenvalue weighted by atomic mass is 9.96. The van der Waals surface area contributed by atoms with Crippen molar-refractivity contribution in [2.45, 2.75) is 43.6 Å². The first-order chi connectivity index (χ1) is 9.78. The molecule has 2 aliphatic carbocycles. The van der Waals surface area contributed by atoms with Gasteiger partial charge in [-0.15, -0.1) is 0 Å². The van der Waals surface area contributed by atoms with Crippen molar-refractivity contribution < 1.29 is 4.39 Å². The fourth-order valence-corrected chi connectivity index (χ4v) is 4.26. The van der Waals surface area contributed by atoms with Crippen LogP contribution < -0.4 is 10.6 Å². The molecule has 2 N–H and O–H groups in total. The quantitative estimate of drug-likeness (QED) is 0.884. The van der Waals surface area contributed by atoms with Gasteiger partial charge in [0.05, 0.1) is 0 Å². The van der Waals surface area contributed by atoms with Crippen LogP contribution in [0.1, 0.15) is 36.8 Å². The number of rotatable bonds is 3. The molecule has 0 bridgehead atoms. The number of nitrogens with one attached hydrogen (secondary N) is 2. The Morgan fingerprint density at radius 2 is 2.15 bits per heavy atom. The predicted molar refractivity (Wildman–Crippen MR) is 78.4 cm³/mol. The summed E-state index contributed by atoms with van der Waals surface area (Å²) in [4.78, 5) is 0. The van der Waals surface area contributed by atoms with Gasteiger partial charge in [-0.05, 0) is 80.9 Å². The molecule has 2 unspecified atom stereocenters. The van der Waals surface area contributed by atoms with E-state index in [1.807, 2.05) is 6.07 Å². The number of fused-ring (bicyclic) bond motifs is 2. The van der Waals surface area contributed by atoms with Gasteiger partial charge in [-0.25, -0.2) is 4.39 Å². The smallest absolute Gasteiger partial charge is 0.123 e. The summed E-state index contributed by atoms with van der Waals surface area (Å²) in [6.07, 6.45) is 6.11. The Hall–Kier alpha value is -0.930. The van der Waals surface area contributed by atoms with E-state index in [0.29, 0.717) is 6.04 Å². The van der Waals surface area contributed by atoms with Crippen LogP contribution in [0.5, 0.6) is 0 Å². The van der Waals surface area contributed by atoms with Crippen LogP contribution in [0.4, 0.5) is 4.39 Å². The van der Waals surface area contributed by atoms with Crippen LogP contribution in [0.3, 0.4) is 0 Å². The second-order valence-electron chi connectivity index (χ2n) is 6.82. The zero-order chi connectivity index (χ0) is 13.6. The molecule has 1 heterocycles. The van der Waals surface area contributed by atoms with Crippen molar-refractivity contribution in [1.29, 1.82) is 0 Å². The Morgan fingerprint density at radius 1 is 1.30 bits per heavy atom. The van der Waals surface area contributed by atoms with Gasteiger partial charge in [-0.2, -0.15) is 0 Å². The van der Waals surface area contributed by atoms with Crippen molar-refractivity contribution in [2.24, 2.45) is 5.92 Å². The molecule has 2 atom stereocenters. The highest BCUT2D eigenvalue weighted by molar-refractivity contribution is 5.47. The van der Waals surface area contributed by atoms with Crippen LogP contribution in [-0.2, 0) is 11.8 Å². The summed E-state index contributed by atoms with van der Waals surface area (Å²) in [5, 5.41) is 7.19. The van der Waals surface area contributed by atoms with Crippen LogP contribution in [0, 0.1) is 11.7 Å². The molecule has 1 aliphatic heterocycles. The third-order valence-corrected chi connectivity index (χ3v) is 5.64. The third-order valence-electron chi connectivity index (χ3n) is 5.64. The monoisotopic (exact) mass is 274 g/mol. The molecule has 108 valence electrons. The van der Waals surface area contributed by atoms with Gasteiger partial charge in [0.2, 0.25) is 0 Å². The van der Waals surface area contributed by atoms with E-state index in [9.17, 15) is 4.39 Å². The summed E-state index contributed by atoms with van der Waals surface area (Å²) in [5.41, 5.74) is 2.93. The van der Waals surface area contributed by atoms with Crippen LogP contribution in [0.15, 0.2) is 18.2 Å². The highest BCUT2D eigenvalue weighted by Crippen LogP contribution is 2.56. The maximum Gasteiger partial charge on any atom is 0.123 e. The normalized spacial score (nSPS) is 32.5. The van der Waals surface area contributed by atoms with Gasteiger partial charge in [-0.3, -0.25) is 0 Å².